The molecule has 0 fully saturated rings. The van der Waals surface area contributed by atoms with Crippen molar-refractivity contribution < 1.29 is 9.53 Å². The molecule has 0 bridgehead atoms. The van der Waals surface area contributed by atoms with Gasteiger partial charge in [0.05, 0.1) is 0 Å². The van der Waals surface area contributed by atoms with Crippen molar-refractivity contribution in [2.45, 2.75) is 19.3 Å². The normalized spacial score (nSPS) is 10.4. The van der Waals surface area contributed by atoms with Gasteiger partial charge in [-0.05, 0) is 11.1 Å². The smallest absolute Gasteiger partial charge is 0.305 e. The average Bonchev–Trinajstić information content (AvgIpc) is 2.49. The van der Waals surface area contributed by atoms with Crippen LogP contribution in [-0.4, -0.2) is 12.6 Å². The molecular formula is C17H18O2. The second kappa shape index (κ2) is 6.74. The third-order valence-corrected chi connectivity index (χ3v) is 3.10. The number of benzene rings is 2. The van der Waals surface area contributed by atoms with Crippen LogP contribution in [0.15, 0.2) is 60.7 Å². The van der Waals surface area contributed by atoms with Crippen LogP contribution in [0.25, 0.3) is 0 Å². The van der Waals surface area contributed by atoms with Crippen LogP contribution >= 0.6 is 0 Å². The van der Waals surface area contributed by atoms with Crippen LogP contribution in [-0.2, 0) is 9.53 Å². The number of hydrogen-bond acceptors (Lipinski definition) is 2. The lowest BCUT2D eigenvalue weighted by molar-refractivity contribution is -0.143. The molecule has 0 saturated carbocycles. The van der Waals surface area contributed by atoms with Gasteiger partial charge in [0, 0.05) is 12.3 Å². The summed E-state index contributed by atoms with van der Waals surface area (Å²) in [7, 11) is 0. The second-order valence-electron chi connectivity index (χ2n) is 4.41. The van der Waals surface area contributed by atoms with Crippen LogP contribution in [0.5, 0.6) is 0 Å². The number of rotatable bonds is 5. The summed E-state index contributed by atoms with van der Waals surface area (Å²) in [5.74, 6) is -0.0604. The molecule has 0 aromatic heterocycles. The summed E-state index contributed by atoms with van der Waals surface area (Å²) in [6.07, 6.45) is 0.413. The fourth-order valence-corrected chi connectivity index (χ4v) is 2.03. The minimum Gasteiger partial charge on any atom is -0.465 e. The molecule has 0 atom stereocenters. The van der Waals surface area contributed by atoms with Crippen LogP contribution in [0.3, 0.4) is 0 Å². The zero-order chi connectivity index (χ0) is 13.5. The molecule has 0 aliphatic carbocycles. The highest BCUT2D eigenvalue weighted by molar-refractivity contribution is 5.69. The molecule has 2 heteroatoms. The van der Waals surface area contributed by atoms with E-state index in [-0.39, 0.29) is 11.9 Å². The average molecular weight is 254 g/mol. The largest absolute Gasteiger partial charge is 0.465 e. The summed E-state index contributed by atoms with van der Waals surface area (Å²) >= 11 is 0. The molecule has 0 N–H and O–H groups in total. The summed E-state index contributed by atoms with van der Waals surface area (Å²) in [5, 5.41) is 0. The van der Waals surface area contributed by atoms with Gasteiger partial charge in [-0.25, -0.2) is 0 Å². The van der Waals surface area contributed by atoms with Crippen LogP contribution < -0.4 is 0 Å². The Kier molecular flexibility index (Phi) is 4.73. The Morgan fingerprint density at radius 2 is 1.42 bits per heavy atom. The van der Waals surface area contributed by atoms with E-state index in [1.807, 2.05) is 43.3 Å². The Morgan fingerprint density at radius 3 is 1.84 bits per heavy atom. The number of hydrogen-bond donors (Lipinski definition) is 0. The van der Waals surface area contributed by atoms with Crippen molar-refractivity contribution in [2.75, 3.05) is 6.61 Å². The van der Waals surface area contributed by atoms with Crippen molar-refractivity contribution >= 4 is 5.97 Å². The van der Waals surface area contributed by atoms with Gasteiger partial charge in [-0.3, -0.25) is 4.79 Å². The lowest BCUT2D eigenvalue weighted by Gasteiger charge is -2.18. The van der Waals surface area contributed by atoms with Crippen LogP contribution in [0.4, 0.5) is 0 Å². The van der Waals surface area contributed by atoms with Crippen molar-refractivity contribution in [3.05, 3.63) is 71.8 Å². The Hall–Kier alpha value is -2.09. The SMILES string of the molecule is CCC(=O)OCC(c1ccccc1)c1ccccc1. The molecule has 0 amide bonds. The van der Waals surface area contributed by atoms with Crippen molar-refractivity contribution in [3.8, 4) is 0 Å². The van der Waals surface area contributed by atoms with Gasteiger partial charge in [0.2, 0.25) is 0 Å². The van der Waals surface area contributed by atoms with E-state index in [1.54, 1.807) is 0 Å². The van der Waals surface area contributed by atoms with Gasteiger partial charge in [-0.2, -0.15) is 0 Å². The summed E-state index contributed by atoms with van der Waals surface area (Å²) in [6, 6.07) is 20.3. The molecule has 2 nitrogen and oxygen atoms in total. The number of ether oxygens (including phenoxy) is 1. The maximum absolute atomic E-state index is 11.4. The lowest BCUT2D eigenvalue weighted by Crippen LogP contribution is -2.13. The molecule has 0 saturated heterocycles. The molecule has 19 heavy (non-hydrogen) atoms. The van der Waals surface area contributed by atoms with Crippen molar-refractivity contribution in [1.82, 2.24) is 0 Å². The molecule has 0 unspecified atom stereocenters. The summed E-state index contributed by atoms with van der Waals surface area (Å²) in [5.41, 5.74) is 2.33. The summed E-state index contributed by atoms with van der Waals surface area (Å²) in [6.45, 7) is 2.20. The fourth-order valence-electron chi connectivity index (χ4n) is 2.03. The zero-order valence-corrected chi connectivity index (χ0v) is 11.1. The van der Waals surface area contributed by atoms with E-state index >= 15 is 0 Å². The Balaban J connectivity index is 2.21. The molecule has 0 radical (unpaired) electrons. The summed E-state index contributed by atoms with van der Waals surface area (Å²) < 4.78 is 5.32. The van der Waals surface area contributed by atoms with E-state index in [1.165, 1.54) is 0 Å². The first kappa shape index (κ1) is 13.3. The zero-order valence-electron chi connectivity index (χ0n) is 11.1. The van der Waals surface area contributed by atoms with Crippen molar-refractivity contribution in [2.24, 2.45) is 0 Å². The monoisotopic (exact) mass is 254 g/mol. The van der Waals surface area contributed by atoms with Gasteiger partial charge < -0.3 is 4.74 Å². The predicted molar refractivity (Wildman–Crippen MR) is 76.0 cm³/mol. The lowest BCUT2D eigenvalue weighted by atomic mass is 9.92. The van der Waals surface area contributed by atoms with Crippen LogP contribution in [0, 0.1) is 0 Å². The van der Waals surface area contributed by atoms with E-state index in [0.29, 0.717) is 13.0 Å². The van der Waals surface area contributed by atoms with Crippen molar-refractivity contribution in [1.29, 1.82) is 0 Å². The third kappa shape index (κ3) is 3.68. The molecule has 2 rings (SSSR count). The van der Waals surface area contributed by atoms with E-state index in [4.69, 9.17) is 4.74 Å². The molecule has 2 aromatic rings. The van der Waals surface area contributed by atoms with Gasteiger partial charge in [0.25, 0.3) is 0 Å². The Bertz CT molecular complexity index is 466. The van der Waals surface area contributed by atoms with E-state index in [0.717, 1.165) is 11.1 Å². The molecule has 0 spiro atoms. The predicted octanol–water partition coefficient (Wildman–Crippen LogP) is 3.77. The minimum absolute atomic E-state index is 0.0953. The third-order valence-electron chi connectivity index (χ3n) is 3.10. The van der Waals surface area contributed by atoms with Gasteiger partial charge in [0.15, 0.2) is 0 Å². The Morgan fingerprint density at radius 1 is 0.947 bits per heavy atom. The molecule has 98 valence electrons. The molecule has 2 aromatic carbocycles. The maximum Gasteiger partial charge on any atom is 0.305 e. The minimum atomic E-state index is -0.156. The highest BCUT2D eigenvalue weighted by atomic mass is 16.5. The maximum atomic E-state index is 11.4. The van der Waals surface area contributed by atoms with E-state index < -0.39 is 0 Å². The molecule has 0 aliphatic rings. The molecular weight excluding hydrogens is 236 g/mol. The molecule has 0 aliphatic heterocycles. The first-order valence-corrected chi connectivity index (χ1v) is 6.56. The van der Waals surface area contributed by atoms with E-state index in [9.17, 15) is 4.79 Å². The number of carbonyl (C=O) groups is 1. The topological polar surface area (TPSA) is 26.3 Å². The van der Waals surface area contributed by atoms with E-state index in [2.05, 4.69) is 24.3 Å². The molecule has 0 heterocycles. The highest BCUT2D eigenvalue weighted by Crippen LogP contribution is 2.24. The van der Waals surface area contributed by atoms with Gasteiger partial charge in [-0.1, -0.05) is 67.6 Å². The first-order valence-electron chi connectivity index (χ1n) is 6.56. The van der Waals surface area contributed by atoms with Gasteiger partial charge in [0.1, 0.15) is 6.61 Å². The van der Waals surface area contributed by atoms with Crippen LogP contribution in [0.1, 0.15) is 30.4 Å². The standard InChI is InChI=1S/C17H18O2/c1-2-17(18)19-13-16(14-9-5-3-6-10-14)15-11-7-4-8-12-15/h3-12,16H,2,13H2,1H3. The highest BCUT2D eigenvalue weighted by Gasteiger charge is 2.15. The van der Waals surface area contributed by atoms with Gasteiger partial charge >= 0.3 is 5.97 Å². The Labute approximate surface area is 114 Å². The quantitative estimate of drug-likeness (QED) is 0.759. The number of carbonyl (C=O) groups excluding carboxylic acids is 1. The van der Waals surface area contributed by atoms with Crippen molar-refractivity contribution in [3.63, 3.8) is 0 Å². The fraction of sp³-hybridized carbons (Fsp3) is 0.235. The number of esters is 1. The summed E-state index contributed by atoms with van der Waals surface area (Å²) in [4.78, 5) is 11.4. The van der Waals surface area contributed by atoms with Gasteiger partial charge in [-0.15, -0.1) is 0 Å². The van der Waals surface area contributed by atoms with Crippen LogP contribution in [0.2, 0.25) is 0 Å². The first-order chi connectivity index (χ1) is 9.31. The second-order valence-corrected chi connectivity index (χ2v) is 4.41.